The number of nitrogens with one attached hydrogen (secondary N) is 1. The van der Waals surface area contributed by atoms with Crippen LogP contribution in [0.3, 0.4) is 0 Å². The van der Waals surface area contributed by atoms with Gasteiger partial charge < -0.3 is 15.0 Å². The summed E-state index contributed by atoms with van der Waals surface area (Å²) in [6.45, 7) is 0.481. The summed E-state index contributed by atoms with van der Waals surface area (Å²) in [5, 5.41) is 2.86. The Bertz CT molecular complexity index is 950. The molecule has 0 fully saturated rings. The van der Waals surface area contributed by atoms with Crippen LogP contribution in [0.15, 0.2) is 78.9 Å². The van der Waals surface area contributed by atoms with Gasteiger partial charge in [0.05, 0.1) is 6.42 Å². The van der Waals surface area contributed by atoms with Crippen molar-refractivity contribution in [3.05, 3.63) is 95.6 Å². The molecule has 0 spiro atoms. The first-order valence-electron chi connectivity index (χ1n) is 9.38. The van der Waals surface area contributed by atoms with Gasteiger partial charge in [-0.3, -0.25) is 9.59 Å². The highest BCUT2D eigenvalue weighted by Gasteiger charge is 2.08. The number of hydrogen-bond acceptors (Lipinski definition) is 3. The SMILES string of the molecule is CN(C)C(=O)Cc1ccc(NC(=O)c2ccc(OCc3ccccc3)cc2)cc1. The van der Waals surface area contributed by atoms with Crippen LogP contribution in [0.5, 0.6) is 5.75 Å². The first-order chi connectivity index (χ1) is 14.0. The highest BCUT2D eigenvalue weighted by atomic mass is 16.5. The second kappa shape index (κ2) is 9.55. The number of likely N-dealkylation sites (N-methyl/N-ethyl adjacent to an activating group) is 1. The minimum absolute atomic E-state index is 0.0383. The number of hydrogen-bond donors (Lipinski definition) is 1. The minimum Gasteiger partial charge on any atom is -0.489 e. The van der Waals surface area contributed by atoms with Gasteiger partial charge in [0, 0.05) is 25.3 Å². The second-order valence-electron chi connectivity index (χ2n) is 6.91. The zero-order valence-electron chi connectivity index (χ0n) is 16.6. The Hall–Kier alpha value is -3.60. The lowest BCUT2D eigenvalue weighted by atomic mass is 10.1. The first kappa shape index (κ1) is 20.1. The van der Waals surface area contributed by atoms with Crippen molar-refractivity contribution in [2.75, 3.05) is 19.4 Å². The molecule has 3 aromatic rings. The maximum Gasteiger partial charge on any atom is 0.255 e. The Morgan fingerprint density at radius 3 is 2.10 bits per heavy atom. The van der Waals surface area contributed by atoms with Crippen LogP contribution in [0, 0.1) is 0 Å². The van der Waals surface area contributed by atoms with Gasteiger partial charge in [0.2, 0.25) is 5.91 Å². The predicted molar refractivity (Wildman–Crippen MR) is 114 cm³/mol. The van der Waals surface area contributed by atoms with Gasteiger partial charge in [0.1, 0.15) is 12.4 Å². The number of carbonyl (C=O) groups excluding carboxylic acids is 2. The molecule has 0 saturated heterocycles. The normalized spacial score (nSPS) is 10.3. The lowest BCUT2D eigenvalue weighted by molar-refractivity contribution is -0.127. The van der Waals surface area contributed by atoms with Crippen LogP contribution in [0.4, 0.5) is 5.69 Å². The van der Waals surface area contributed by atoms with Crippen molar-refractivity contribution in [1.29, 1.82) is 0 Å². The van der Waals surface area contributed by atoms with Gasteiger partial charge in [-0.15, -0.1) is 0 Å². The molecule has 0 aliphatic carbocycles. The van der Waals surface area contributed by atoms with E-state index in [-0.39, 0.29) is 11.8 Å². The zero-order chi connectivity index (χ0) is 20.6. The van der Waals surface area contributed by atoms with Crippen molar-refractivity contribution in [2.45, 2.75) is 13.0 Å². The molecule has 0 aliphatic heterocycles. The van der Waals surface area contributed by atoms with E-state index >= 15 is 0 Å². The van der Waals surface area contributed by atoms with E-state index in [1.54, 1.807) is 55.4 Å². The molecule has 0 bridgehead atoms. The van der Waals surface area contributed by atoms with Gasteiger partial charge in [-0.1, -0.05) is 42.5 Å². The van der Waals surface area contributed by atoms with Crippen molar-refractivity contribution in [3.63, 3.8) is 0 Å². The maximum atomic E-state index is 12.4. The molecule has 0 radical (unpaired) electrons. The van der Waals surface area contributed by atoms with Crippen LogP contribution in [0.2, 0.25) is 0 Å². The monoisotopic (exact) mass is 388 g/mol. The summed E-state index contributed by atoms with van der Waals surface area (Å²) in [7, 11) is 3.46. The van der Waals surface area contributed by atoms with Crippen molar-refractivity contribution in [3.8, 4) is 5.75 Å². The standard InChI is InChI=1S/C24H24N2O3/c1-26(2)23(27)16-18-8-12-21(13-9-18)25-24(28)20-10-14-22(15-11-20)29-17-19-6-4-3-5-7-19/h3-15H,16-17H2,1-2H3,(H,25,28). The van der Waals surface area contributed by atoms with E-state index in [0.29, 0.717) is 30.0 Å². The molecule has 2 amide bonds. The third kappa shape index (κ3) is 5.94. The fourth-order valence-corrected chi connectivity index (χ4v) is 2.69. The smallest absolute Gasteiger partial charge is 0.255 e. The Labute approximate surface area is 170 Å². The lowest BCUT2D eigenvalue weighted by Gasteiger charge is -2.11. The summed E-state index contributed by atoms with van der Waals surface area (Å²) in [6.07, 6.45) is 0.339. The van der Waals surface area contributed by atoms with Gasteiger partial charge in [0.25, 0.3) is 5.91 Å². The summed E-state index contributed by atoms with van der Waals surface area (Å²) >= 11 is 0. The molecule has 0 atom stereocenters. The summed E-state index contributed by atoms with van der Waals surface area (Å²) in [4.78, 5) is 25.8. The number of rotatable bonds is 7. The Morgan fingerprint density at radius 1 is 0.828 bits per heavy atom. The van der Waals surface area contributed by atoms with E-state index in [4.69, 9.17) is 4.74 Å². The van der Waals surface area contributed by atoms with Crippen LogP contribution in [0.1, 0.15) is 21.5 Å². The fourth-order valence-electron chi connectivity index (χ4n) is 2.69. The third-order valence-corrected chi connectivity index (χ3v) is 4.43. The minimum atomic E-state index is -0.197. The summed E-state index contributed by atoms with van der Waals surface area (Å²) < 4.78 is 5.74. The summed E-state index contributed by atoms with van der Waals surface area (Å²) in [5.41, 5.74) is 3.22. The molecule has 3 aromatic carbocycles. The van der Waals surface area contributed by atoms with E-state index in [2.05, 4.69) is 5.32 Å². The zero-order valence-corrected chi connectivity index (χ0v) is 16.6. The quantitative estimate of drug-likeness (QED) is 0.662. The van der Waals surface area contributed by atoms with Gasteiger partial charge >= 0.3 is 0 Å². The molecule has 0 saturated carbocycles. The molecule has 0 aromatic heterocycles. The fraction of sp³-hybridized carbons (Fsp3) is 0.167. The largest absolute Gasteiger partial charge is 0.489 e. The van der Waals surface area contributed by atoms with E-state index in [9.17, 15) is 9.59 Å². The number of carbonyl (C=O) groups is 2. The average Bonchev–Trinajstić information content (AvgIpc) is 2.74. The van der Waals surface area contributed by atoms with E-state index in [1.807, 2.05) is 42.5 Å². The van der Waals surface area contributed by atoms with Crippen LogP contribution in [0.25, 0.3) is 0 Å². The number of anilines is 1. The van der Waals surface area contributed by atoms with Crippen LogP contribution in [-0.2, 0) is 17.8 Å². The molecule has 5 nitrogen and oxygen atoms in total. The van der Waals surface area contributed by atoms with Crippen molar-refractivity contribution >= 4 is 17.5 Å². The number of benzene rings is 3. The van der Waals surface area contributed by atoms with E-state index < -0.39 is 0 Å². The molecule has 0 aliphatic rings. The first-order valence-corrected chi connectivity index (χ1v) is 9.38. The Balaban J connectivity index is 1.54. The topological polar surface area (TPSA) is 58.6 Å². The van der Waals surface area contributed by atoms with Crippen molar-refractivity contribution < 1.29 is 14.3 Å². The molecule has 5 heteroatoms. The third-order valence-electron chi connectivity index (χ3n) is 4.43. The van der Waals surface area contributed by atoms with Crippen LogP contribution >= 0.6 is 0 Å². The van der Waals surface area contributed by atoms with Gasteiger partial charge in [-0.25, -0.2) is 0 Å². The molecule has 29 heavy (non-hydrogen) atoms. The molecular formula is C24H24N2O3. The molecule has 3 rings (SSSR count). The second-order valence-corrected chi connectivity index (χ2v) is 6.91. The molecule has 0 unspecified atom stereocenters. The molecular weight excluding hydrogens is 364 g/mol. The van der Waals surface area contributed by atoms with Crippen molar-refractivity contribution in [2.24, 2.45) is 0 Å². The van der Waals surface area contributed by atoms with Crippen LogP contribution in [-0.4, -0.2) is 30.8 Å². The highest BCUT2D eigenvalue weighted by molar-refractivity contribution is 6.04. The lowest BCUT2D eigenvalue weighted by Crippen LogP contribution is -2.23. The van der Waals surface area contributed by atoms with Gasteiger partial charge in [-0.05, 0) is 47.5 Å². The Morgan fingerprint density at radius 2 is 1.48 bits per heavy atom. The van der Waals surface area contributed by atoms with Crippen molar-refractivity contribution in [1.82, 2.24) is 4.90 Å². The van der Waals surface area contributed by atoms with E-state index in [0.717, 1.165) is 11.1 Å². The van der Waals surface area contributed by atoms with Crippen LogP contribution < -0.4 is 10.1 Å². The Kier molecular flexibility index (Phi) is 6.63. The number of amides is 2. The highest BCUT2D eigenvalue weighted by Crippen LogP contribution is 2.16. The average molecular weight is 388 g/mol. The molecule has 148 valence electrons. The van der Waals surface area contributed by atoms with E-state index in [1.165, 1.54) is 0 Å². The number of nitrogens with zero attached hydrogens (tertiary/aromatic N) is 1. The number of ether oxygens (including phenoxy) is 1. The van der Waals surface area contributed by atoms with Gasteiger partial charge in [-0.2, -0.15) is 0 Å². The molecule has 1 N–H and O–H groups in total. The predicted octanol–water partition coefficient (Wildman–Crippen LogP) is 4.15. The maximum absolute atomic E-state index is 12.4. The summed E-state index contributed by atoms with van der Waals surface area (Å²) in [6, 6.07) is 24.2. The van der Waals surface area contributed by atoms with Gasteiger partial charge in [0.15, 0.2) is 0 Å². The molecule has 0 heterocycles. The summed E-state index contributed by atoms with van der Waals surface area (Å²) in [5.74, 6) is 0.549.